The third-order valence-electron chi connectivity index (χ3n) is 0.947. The number of hydrogen-bond acceptors (Lipinski definition) is 3. The normalized spacial score (nSPS) is 30.0. The van der Waals surface area contributed by atoms with Crippen molar-refractivity contribution >= 4 is 0 Å². The van der Waals surface area contributed by atoms with Crippen molar-refractivity contribution in [2.45, 2.75) is 19.3 Å². The molecule has 8 heavy (non-hydrogen) atoms. The van der Waals surface area contributed by atoms with E-state index in [0.29, 0.717) is 12.7 Å². The predicted octanol–water partition coefficient (Wildman–Crippen LogP) is -0.294. The highest BCUT2D eigenvalue weighted by atomic mass is 16.6. The summed E-state index contributed by atoms with van der Waals surface area (Å²) in [7, 11) is 0. The fraction of sp³-hybridized carbons (Fsp3) is 1.00. The van der Waals surface area contributed by atoms with Gasteiger partial charge in [0, 0.05) is 0 Å². The predicted molar refractivity (Wildman–Crippen MR) is 29.3 cm³/mol. The summed E-state index contributed by atoms with van der Waals surface area (Å²) in [4.78, 5) is 0. The van der Waals surface area contributed by atoms with Gasteiger partial charge in [-0.05, 0) is 6.92 Å². The molecule has 2 N–H and O–H groups in total. The lowest BCUT2D eigenvalue weighted by Gasteiger charge is -2.03. The van der Waals surface area contributed by atoms with Crippen LogP contribution in [0.5, 0.6) is 0 Å². The van der Waals surface area contributed by atoms with Crippen molar-refractivity contribution < 1.29 is 9.47 Å². The molecule has 3 heteroatoms. The Hall–Kier alpha value is -0.120. The Morgan fingerprint density at radius 2 is 2.62 bits per heavy atom. The van der Waals surface area contributed by atoms with E-state index in [2.05, 4.69) is 0 Å². The summed E-state index contributed by atoms with van der Waals surface area (Å²) in [5.41, 5.74) is 5.29. The molecular weight excluding hydrogens is 106 g/mol. The molecule has 0 amide bonds. The minimum Gasteiger partial charge on any atom is -0.371 e. The maximum Gasteiger partial charge on any atom is 0.104 e. The molecule has 0 saturated carbocycles. The molecule has 0 aromatic heterocycles. The minimum absolute atomic E-state index is 0.154. The van der Waals surface area contributed by atoms with Crippen LogP contribution in [-0.2, 0) is 9.47 Å². The first-order valence-electron chi connectivity index (χ1n) is 2.78. The molecule has 1 rings (SSSR count). The van der Waals surface area contributed by atoms with E-state index in [1.54, 1.807) is 0 Å². The van der Waals surface area contributed by atoms with Gasteiger partial charge in [-0.15, -0.1) is 0 Å². The van der Waals surface area contributed by atoms with Crippen LogP contribution in [0.4, 0.5) is 0 Å². The Kier molecular flexibility index (Phi) is 1.83. The van der Waals surface area contributed by atoms with E-state index < -0.39 is 0 Å². The lowest BCUT2D eigenvalue weighted by Crippen LogP contribution is -2.21. The van der Waals surface area contributed by atoms with Gasteiger partial charge in [0.05, 0.1) is 13.2 Å². The average Bonchev–Trinajstić information content (AvgIpc) is 2.41. The van der Waals surface area contributed by atoms with E-state index in [1.807, 2.05) is 6.92 Å². The highest BCUT2D eigenvalue weighted by Gasteiger charge is 2.22. The SMILES string of the molecule is CC(N)OCC1CO1. The van der Waals surface area contributed by atoms with Crippen LogP contribution in [0.15, 0.2) is 0 Å². The lowest BCUT2D eigenvalue weighted by molar-refractivity contribution is 0.0587. The van der Waals surface area contributed by atoms with Gasteiger partial charge in [0.25, 0.3) is 0 Å². The summed E-state index contributed by atoms with van der Waals surface area (Å²) >= 11 is 0. The standard InChI is InChI=1S/C5H11NO2/c1-4(6)7-2-5-3-8-5/h4-5H,2-3,6H2,1H3. The van der Waals surface area contributed by atoms with Crippen molar-refractivity contribution in [3.8, 4) is 0 Å². The molecule has 2 atom stereocenters. The van der Waals surface area contributed by atoms with E-state index in [9.17, 15) is 0 Å². The molecule has 0 spiro atoms. The zero-order valence-corrected chi connectivity index (χ0v) is 4.96. The van der Waals surface area contributed by atoms with Gasteiger partial charge in [0.2, 0.25) is 0 Å². The van der Waals surface area contributed by atoms with Crippen LogP contribution in [0.3, 0.4) is 0 Å². The van der Waals surface area contributed by atoms with Gasteiger partial charge in [0.1, 0.15) is 12.3 Å². The van der Waals surface area contributed by atoms with Gasteiger partial charge in [-0.1, -0.05) is 0 Å². The van der Waals surface area contributed by atoms with Crippen LogP contribution >= 0.6 is 0 Å². The number of hydrogen-bond donors (Lipinski definition) is 1. The van der Waals surface area contributed by atoms with Gasteiger partial charge in [0.15, 0.2) is 0 Å². The van der Waals surface area contributed by atoms with Gasteiger partial charge in [-0.3, -0.25) is 0 Å². The Labute approximate surface area is 48.8 Å². The molecule has 2 unspecified atom stereocenters. The molecule has 1 saturated heterocycles. The monoisotopic (exact) mass is 117 g/mol. The highest BCUT2D eigenvalue weighted by molar-refractivity contribution is 4.67. The molecule has 0 aromatic carbocycles. The molecule has 48 valence electrons. The summed E-state index contributed by atoms with van der Waals surface area (Å²) in [5.74, 6) is 0. The molecular formula is C5H11NO2. The maximum atomic E-state index is 5.29. The lowest BCUT2D eigenvalue weighted by atomic mass is 10.5. The van der Waals surface area contributed by atoms with E-state index in [4.69, 9.17) is 15.2 Å². The second kappa shape index (κ2) is 2.44. The summed E-state index contributed by atoms with van der Waals surface area (Å²) in [5, 5.41) is 0. The molecule has 1 heterocycles. The summed E-state index contributed by atoms with van der Waals surface area (Å²) in [6.45, 7) is 3.30. The number of epoxide rings is 1. The fourth-order valence-corrected chi connectivity index (χ4v) is 0.423. The van der Waals surface area contributed by atoms with Crippen LogP contribution in [0, 0.1) is 0 Å². The van der Waals surface area contributed by atoms with Gasteiger partial charge in [-0.25, -0.2) is 0 Å². The third kappa shape index (κ3) is 2.26. The smallest absolute Gasteiger partial charge is 0.104 e. The van der Waals surface area contributed by atoms with Crippen LogP contribution in [-0.4, -0.2) is 25.5 Å². The van der Waals surface area contributed by atoms with Crippen molar-refractivity contribution in [1.82, 2.24) is 0 Å². The van der Waals surface area contributed by atoms with Crippen molar-refractivity contribution in [3.05, 3.63) is 0 Å². The quantitative estimate of drug-likeness (QED) is 0.408. The maximum absolute atomic E-state index is 5.29. The first-order valence-corrected chi connectivity index (χ1v) is 2.78. The van der Waals surface area contributed by atoms with Crippen molar-refractivity contribution in [2.75, 3.05) is 13.2 Å². The molecule has 1 aliphatic rings. The molecule has 0 aliphatic carbocycles. The third-order valence-corrected chi connectivity index (χ3v) is 0.947. The van der Waals surface area contributed by atoms with E-state index in [-0.39, 0.29) is 6.23 Å². The first kappa shape index (κ1) is 6.01. The largest absolute Gasteiger partial charge is 0.371 e. The Bertz CT molecular complexity index is 68.8. The van der Waals surface area contributed by atoms with Crippen molar-refractivity contribution in [1.29, 1.82) is 0 Å². The summed E-state index contributed by atoms with van der Waals surface area (Å²) in [6.07, 6.45) is 0.181. The van der Waals surface area contributed by atoms with Gasteiger partial charge >= 0.3 is 0 Å². The molecule has 0 bridgehead atoms. The minimum atomic E-state index is -0.154. The van der Waals surface area contributed by atoms with Crippen LogP contribution in [0.2, 0.25) is 0 Å². The van der Waals surface area contributed by atoms with Crippen LogP contribution in [0.25, 0.3) is 0 Å². The van der Waals surface area contributed by atoms with Crippen LogP contribution < -0.4 is 5.73 Å². The number of ether oxygens (including phenoxy) is 2. The van der Waals surface area contributed by atoms with E-state index >= 15 is 0 Å². The zero-order chi connectivity index (χ0) is 5.98. The second-order valence-corrected chi connectivity index (χ2v) is 1.99. The first-order chi connectivity index (χ1) is 3.79. The second-order valence-electron chi connectivity index (χ2n) is 1.99. The average molecular weight is 117 g/mol. The van der Waals surface area contributed by atoms with Gasteiger partial charge < -0.3 is 15.2 Å². The Morgan fingerprint density at radius 1 is 2.00 bits per heavy atom. The highest BCUT2D eigenvalue weighted by Crippen LogP contribution is 2.08. The molecule has 0 aromatic rings. The molecule has 3 nitrogen and oxygen atoms in total. The molecule has 1 fully saturated rings. The summed E-state index contributed by atoms with van der Waals surface area (Å²) < 4.78 is 9.90. The van der Waals surface area contributed by atoms with E-state index in [1.165, 1.54) is 0 Å². The summed E-state index contributed by atoms with van der Waals surface area (Å²) in [6, 6.07) is 0. The fourth-order valence-electron chi connectivity index (χ4n) is 0.423. The number of nitrogens with two attached hydrogens (primary N) is 1. The van der Waals surface area contributed by atoms with Crippen molar-refractivity contribution in [3.63, 3.8) is 0 Å². The Balaban J connectivity index is 1.87. The molecule has 1 aliphatic heterocycles. The molecule has 0 radical (unpaired) electrons. The zero-order valence-electron chi connectivity index (χ0n) is 4.96. The van der Waals surface area contributed by atoms with E-state index in [0.717, 1.165) is 6.61 Å². The Morgan fingerprint density at radius 3 is 3.00 bits per heavy atom. The van der Waals surface area contributed by atoms with Crippen LogP contribution in [0.1, 0.15) is 6.92 Å². The van der Waals surface area contributed by atoms with Crippen molar-refractivity contribution in [2.24, 2.45) is 5.73 Å². The number of rotatable bonds is 3. The topological polar surface area (TPSA) is 47.8 Å². The van der Waals surface area contributed by atoms with Gasteiger partial charge in [-0.2, -0.15) is 0 Å².